The van der Waals surface area contributed by atoms with Gasteiger partial charge in [0.25, 0.3) is 0 Å². The van der Waals surface area contributed by atoms with Crippen LogP contribution in [0.15, 0.2) is 36.9 Å². The van der Waals surface area contributed by atoms with Crippen LogP contribution in [0.3, 0.4) is 0 Å². The summed E-state index contributed by atoms with van der Waals surface area (Å²) < 4.78 is 1.76. The molecule has 2 aromatic rings. The molecule has 0 atom stereocenters. The molecule has 1 fully saturated rings. The lowest BCUT2D eigenvalue weighted by molar-refractivity contribution is 0.373. The molecule has 1 aromatic carbocycles. The molecule has 0 aliphatic heterocycles. The zero-order valence-electron chi connectivity index (χ0n) is 9.45. The summed E-state index contributed by atoms with van der Waals surface area (Å²) in [6.07, 6.45) is 5.31. The van der Waals surface area contributed by atoms with Gasteiger partial charge in [-0.3, -0.25) is 0 Å². The SMILES string of the molecule is NC1CC(Nc2ccccc2-n2cncn2)C1. The van der Waals surface area contributed by atoms with E-state index in [1.165, 1.54) is 6.33 Å². The lowest BCUT2D eigenvalue weighted by Gasteiger charge is -2.34. The molecule has 88 valence electrons. The summed E-state index contributed by atoms with van der Waals surface area (Å²) >= 11 is 0. The van der Waals surface area contributed by atoms with Crippen LogP contribution >= 0.6 is 0 Å². The molecule has 0 spiro atoms. The van der Waals surface area contributed by atoms with E-state index in [-0.39, 0.29) is 0 Å². The van der Waals surface area contributed by atoms with Gasteiger partial charge in [-0.2, -0.15) is 5.10 Å². The fourth-order valence-electron chi connectivity index (χ4n) is 2.13. The maximum absolute atomic E-state index is 5.79. The quantitative estimate of drug-likeness (QED) is 0.829. The summed E-state index contributed by atoms with van der Waals surface area (Å²) in [6.45, 7) is 0. The second-order valence-electron chi connectivity index (χ2n) is 4.43. The van der Waals surface area contributed by atoms with Crippen molar-refractivity contribution < 1.29 is 0 Å². The topological polar surface area (TPSA) is 68.8 Å². The molecule has 5 heteroatoms. The van der Waals surface area contributed by atoms with E-state index in [2.05, 4.69) is 21.5 Å². The standard InChI is InChI=1S/C12H15N5/c13-9-5-10(6-9)16-11-3-1-2-4-12(11)17-8-14-7-15-17/h1-4,7-10,16H,5-6,13H2. The largest absolute Gasteiger partial charge is 0.380 e. The summed E-state index contributed by atoms with van der Waals surface area (Å²) in [4.78, 5) is 3.97. The van der Waals surface area contributed by atoms with Crippen molar-refractivity contribution in [2.24, 2.45) is 5.73 Å². The molecule has 1 aliphatic carbocycles. The molecule has 1 aromatic heterocycles. The Hall–Kier alpha value is -1.88. The van der Waals surface area contributed by atoms with Crippen molar-refractivity contribution in [1.29, 1.82) is 0 Å². The Balaban J connectivity index is 1.84. The summed E-state index contributed by atoms with van der Waals surface area (Å²) in [5.74, 6) is 0. The van der Waals surface area contributed by atoms with Gasteiger partial charge >= 0.3 is 0 Å². The third-order valence-electron chi connectivity index (χ3n) is 3.10. The minimum atomic E-state index is 0.353. The summed E-state index contributed by atoms with van der Waals surface area (Å²) in [5.41, 5.74) is 7.89. The third kappa shape index (κ3) is 2.01. The lowest BCUT2D eigenvalue weighted by Crippen LogP contribution is -2.44. The molecular weight excluding hydrogens is 214 g/mol. The number of hydrogen-bond acceptors (Lipinski definition) is 4. The van der Waals surface area contributed by atoms with E-state index >= 15 is 0 Å². The molecule has 0 amide bonds. The zero-order chi connectivity index (χ0) is 11.7. The summed E-state index contributed by atoms with van der Waals surface area (Å²) in [6, 6.07) is 8.92. The van der Waals surface area contributed by atoms with Crippen LogP contribution in [-0.4, -0.2) is 26.8 Å². The van der Waals surface area contributed by atoms with Crippen molar-refractivity contribution in [3.63, 3.8) is 0 Å². The van der Waals surface area contributed by atoms with Crippen molar-refractivity contribution in [2.75, 3.05) is 5.32 Å². The van der Waals surface area contributed by atoms with Crippen LogP contribution in [0.4, 0.5) is 5.69 Å². The van der Waals surface area contributed by atoms with E-state index < -0.39 is 0 Å². The molecule has 1 saturated carbocycles. The average molecular weight is 229 g/mol. The van der Waals surface area contributed by atoms with Crippen molar-refractivity contribution in [3.8, 4) is 5.69 Å². The smallest absolute Gasteiger partial charge is 0.138 e. The van der Waals surface area contributed by atoms with Crippen LogP contribution in [-0.2, 0) is 0 Å². The minimum absolute atomic E-state index is 0.353. The van der Waals surface area contributed by atoms with Gasteiger partial charge in [-0.1, -0.05) is 12.1 Å². The predicted octanol–water partition coefficient (Wildman–Crippen LogP) is 1.17. The first kappa shape index (κ1) is 10.3. The summed E-state index contributed by atoms with van der Waals surface area (Å²) in [5, 5.41) is 7.65. The Kier molecular flexibility index (Phi) is 2.53. The van der Waals surface area contributed by atoms with Gasteiger partial charge in [0.05, 0.1) is 11.4 Å². The maximum atomic E-state index is 5.79. The van der Waals surface area contributed by atoms with Gasteiger partial charge in [0.1, 0.15) is 12.7 Å². The van der Waals surface area contributed by atoms with E-state index in [1.807, 2.05) is 18.2 Å². The molecule has 0 unspecified atom stereocenters. The van der Waals surface area contributed by atoms with Crippen LogP contribution in [0.2, 0.25) is 0 Å². The Bertz CT molecular complexity index is 487. The number of benzene rings is 1. The van der Waals surface area contributed by atoms with Crippen LogP contribution in [0.1, 0.15) is 12.8 Å². The van der Waals surface area contributed by atoms with Gasteiger partial charge in [-0.15, -0.1) is 0 Å². The van der Waals surface area contributed by atoms with Crippen molar-refractivity contribution in [1.82, 2.24) is 14.8 Å². The Morgan fingerprint density at radius 2 is 2.12 bits per heavy atom. The molecular formula is C12H15N5. The summed E-state index contributed by atoms with van der Waals surface area (Å²) in [7, 11) is 0. The first-order valence-corrected chi connectivity index (χ1v) is 5.79. The number of nitrogens with zero attached hydrogens (tertiary/aromatic N) is 3. The fourth-order valence-corrected chi connectivity index (χ4v) is 2.13. The monoisotopic (exact) mass is 229 g/mol. The van der Waals surface area contributed by atoms with Gasteiger partial charge in [-0.05, 0) is 25.0 Å². The van der Waals surface area contributed by atoms with Crippen LogP contribution in [0.25, 0.3) is 5.69 Å². The molecule has 1 heterocycles. The van der Waals surface area contributed by atoms with Crippen molar-refractivity contribution >= 4 is 5.69 Å². The van der Waals surface area contributed by atoms with E-state index in [1.54, 1.807) is 11.0 Å². The van der Waals surface area contributed by atoms with Gasteiger partial charge in [0.15, 0.2) is 0 Å². The predicted molar refractivity (Wildman–Crippen MR) is 66.0 cm³/mol. The first-order valence-electron chi connectivity index (χ1n) is 5.79. The maximum Gasteiger partial charge on any atom is 0.138 e. The molecule has 5 nitrogen and oxygen atoms in total. The molecule has 0 radical (unpaired) electrons. The Labute approximate surface area is 99.7 Å². The van der Waals surface area contributed by atoms with E-state index in [9.17, 15) is 0 Å². The van der Waals surface area contributed by atoms with Gasteiger partial charge in [0, 0.05) is 12.1 Å². The number of anilines is 1. The first-order chi connectivity index (χ1) is 8.33. The fraction of sp³-hybridized carbons (Fsp3) is 0.333. The van der Waals surface area contributed by atoms with E-state index in [0.717, 1.165) is 24.2 Å². The minimum Gasteiger partial charge on any atom is -0.380 e. The van der Waals surface area contributed by atoms with Crippen LogP contribution in [0, 0.1) is 0 Å². The van der Waals surface area contributed by atoms with Crippen molar-refractivity contribution in [2.45, 2.75) is 24.9 Å². The Morgan fingerprint density at radius 1 is 1.29 bits per heavy atom. The zero-order valence-corrected chi connectivity index (χ0v) is 9.45. The Morgan fingerprint density at radius 3 is 2.82 bits per heavy atom. The van der Waals surface area contributed by atoms with E-state index in [4.69, 9.17) is 5.73 Å². The van der Waals surface area contributed by atoms with E-state index in [0.29, 0.717) is 12.1 Å². The number of nitrogens with one attached hydrogen (secondary N) is 1. The molecule has 1 aliphatic rings. The number of hydrogen-bond donors (Lipinski definition) is 2. The number of aromatic nitrogens is 3. The highest BCUT2D eigenvalue weighted by Gasteiger charge is 2.26. The lowest BCUT2D eigenvalue weighted by atomic mass is 9.87. The molecule has 3 N–H and O–H groups in total. The highest BCUT2D eigenvalue weighted by atomic mass is 15.3. The normalized spacial score (nSPS) is 23.1. The number of nitrogens with two attached hydrogens (primary N) is 1. The molecule has 0 bridgehead atoms. The second kappa shape index (κ2) is 4.18. The molecule has 3 rings (SSSR count). The van der Waals surface area contributed by atoms with Gasteiger partial charge in [-0.25, -0.2) is 9.67 Å². The van der Waals surface area contributed by atoms with Crippen LogP contribution in [0.5, 0.6) is 0 Å². The molecule has 17 heavy (non-hydrogen) atoms. The molecule has 0 saturated heterocycles. The third-order valence-corrected chi connectivity index (χ3v) is 3.10. The highest BCUT2D eigenvalue weighted by molar-refractivity contribution is 5.61. The van der Waals surface area contributed by atoms with Gasteiger partial charge < -0.3 is 11.1 Å². The average Bonchev–Trinajstić information content (AvgIpc) is 2.81. The number of rotatable bonds is 3. The van der Waals surface area contributed by atoms with Crippen LogP contribution < -0.4 is 11.1 Å². The number of para-hydroxylation sites is 2. The second-order valence-corrected chi connectivity index (χ2v) is 4.43. The highest BCUT2D eigenvalue weighted by Crippen LogP contribution is 2.26. The van der Waals surface area contributed by atoms with Gasteiger partial charge in [0.2, 0.25) is 0 Å². The van der Waals surface area contributed by atoms with Crippen molar-refractivity contribution in [3.05, 3.63) is 36.9 Å².